The number of carboxylic acid groups (broad SMARTS) is 1. The van der Waals surface area contributed by atoms with Crippen molar-refractivity contribution in [3.8, 4) is 0 Å². The zero-order valence-electron chi connectivity index (χ0n) is 9.72. The van der Waals surface area contributed by atoms with Crippen LogP contribution in [0.4, 0.5) is 0 Å². The summed E-state index contributed by atoms with van der Waals surface area (Å²) in [6, 6.07) is 6.43. The standard InChI is InChI=1S/C14H10Cl2O3/c15-11-7-2-1-5-9(11)12(17)14(16)8-4-3-6-10(14)13(18)19/h1-8,10H,(H,18,19). The Hall–Kier alpha value is -1.58. The number of alkyl halides is 1. The fraction of sp³-hybridized carbons (Fsp3) is 0.143. The van der Waals surface area contributed by atoms with E-state index in [1.54, 1.807) is 30.4 Å². The van der Waals surface area contributed by atoms with Gasteiger partial charge in [0.15, 0.2) is 5.78 Å². The van der Waals surface area contributed by atoms with Gasteiger partial charge in [-0.1, -0.05) is 48.0 Å². The van der Waals surface area contributed by atoms with Crippen LogP contribution in [0, 0.1) is 5.92 Å². The summed E-state index contributed by atoms with van der Waals surface area (Å²) in [4.78, 5) is 22.1. The predicted octanol–water partition coefficient (Wildman–Crippen LogP) is 3.33. The third-order valence-corrected chi connectivity index (χ3v) is 3.80. The van der Waals surface area contributed by atoms with E-state index in [0.29, 0.717) is 0 Å². The van der Waals surface area contributed by atoms with Crippen LogP contribution in [0.1, 0.15) is 10.4 Å². The van der Waals surface area contributed by atoms with Crippen molar-refractivity contribution >= 4 is 35.0 Å². The molecule has 0 bridgehead atoms. The first-order chi connectivity index (χ1) is 8.97. The zero-order chi connectivity index (χ0) is 14.0. The van der Waals surface area contributed by atoms with Gasteiger partial charge in [0, 0.05) is 5.56 Å². The highest BCUT2D eigenvalue weighted by atomic mass is 35.5. The number of carbonyl (C=O) groups is 2. The number of halogens is 2. The number of ketones is 1. The first kappa shape index (κ1) is 13.8. The molecule has 0 heterocycles. The third kappa shape index (κ3) is 2.44. The molecule has 0 amide bonds. The lowest BCUT2D eigenvalue weighted by Gasteiger charge is -2.28. The van der Waals surface area contributed by atoms with E-state index < -0.39 is 22.5 Å². The Labute approximate surface area is 120 Å². The minimum absolute atomic E-state index is 0.213. The number of carboxylic acids is 1. The van der Waals surface area contributed by atoms with E-state index in [4.69, 9.17) is 23.2 Å². The van der Waals surface area contributed by atoms with Gasteiger partial charge >= 0.3 is 5.97 Å². The average molecular weight is 297 g/mol. The highest BCUT2D eigenvalue weighted by Gasteiger charge is 2.46. The Kier molecular flexibility index (Phi) is 3.78. The van der Waals surface area contributed by atoms with Gasteiger partial charge in [-0.2, -0.15) is 0 Å². The molecule has 5 heteroatoms. The molecule has 2 rings (SSSR count). The number of hydrogen-bond donors (Lipinski definition) is 1. The first-order valence-electron chi connectivity index (χ1n) is 5.54. The van der Waals surface area contributed by atoms with E-state index in [1.807, 2.05) is 0 Å². The number of aliphatic carboxylic acids is 1. The Morgan fingerprint density at radius 3 is 2.53 bits per heavy atom. The van der Waals surface area contributed by atoms with E-state index >= 15 is 0 Å². The zero-order valence-corrected chi connectivity index (χ0v) is 11.2. The van der Waals surface area contributed by atoms with Crippen LogP contribution in [0.5, 0.6) is 0 Å². The molecule has 1 aliphatic rings. The van der Waals surface area contributed by atoms with Crippen molar-refractivity contribution in [3.05, 3.63) is 59.2 Å². The van der Waals surface area contributed by atoms with E-state index in [2.05, 4.69) is 0 Å². The largest absolute Gasteiger partial charge is 0.481 e. The van der Waals surface area contributed by atoms with E-state index in [-0.39, 0.29) is 10.6 Å². The normalized spacial score (nSPS) is 25.3. The van der Waals surface area contributed by atoms with Crippen molar-refractivity contribution in [2.45, 2.75) is 4.87 Å². The summed E-state index contributed by atoms with van der Waals surface area (Å²) in [5, 5.41) is 9.43. The molecule has 0 aromatic heterocycles. The highest BCUT2D eigenvalue weighted by Crippen LogP contribution is 2.36. The van der Waals surface area contributed by atoms with Gasteiger partial charge in [-0.3, -0.25) is 9.59 Å². The second-order valence-electron chi connectivity index (χ2n) is 4.14. The molecule has 0 radical (unpaired) electrons. The van der Waals surface area contributed by atoms with Crippen LogP contribution < -0.4 is 0 Å². The minimum Gasteiger partial charge on any atom is -0.481 e. The van der Waals surface area contributed by atoms with Crippen molar-refractivity contribution in [2.75, 3.05) is 0 Å². The Morgan fingerprint density at radius 2 is 1.89 bits per heavy atom. The molecule has 2 unspecified atom stereocenters. The number of allylic oxidation sites excluding steroid dienone is 3. The van der Waals surface area contributed by atoms with Crippen molar-refractivity contribution < 1.29 is 14.7 Å². The van der Waals surface area contributed by atoms with Crippen LogP contribution in [0.2, 0.25) is 5.02 Å². The fourth-order valence-electron chi connectivity index (χ4n) is 1.95. The Morgan fingerprint density at radius 1 is 1.21 bits per heavy atom. The van der Waals surface area contributed by atoms with E-state index in [9.17, 15) is 14.7 Å². The van der Waals surface area contributed by atoms with Gasteiger partial charge in [0.05, 0.1) is 5.02 Å². The molecule has 98 valence electrons. The second-order valence-corrected chi connectivity index (χ2v) is 5.17. The molecule has 2 atom stereocenters. The maximum atomic E-state index is 12.5. The molecule has 1 N–H and O–H groups in total. The summed E-state index contributed by atoms with van der Waals surface area (Å²) >= 11 is 12.2. The van der Waals surface area contributed by atoms with Crippen molar-refractivity contribution in [2.24, 2.45) is 5.92 Å². The summed E-state index contributed by atoms with van der Waals surface area (Å²) in [5.74, 6) is -2.80. The van der Waals surface area contributed by atoms with Gasteiger partial charge in [0.2, 0.25) is 0 Å². The molecule has 3 nitrogen and oxygen atoms in total. The summed E-state index contributed by atoms with van der Waals surface area (Å²) < 4.78 is 0. The molecule has 0 aliphatic heterocycles. The lowest BCUT2D eigenvalue weighted by Crippen LogP contribution is -2.43. The summed E-state index contributed by atoms with van der Waals surface area (Å²) in [6.45, 7) is 0. The van der Waals surface area contributed by atoms with Crippen molar-refractivity contribution in [1.29, 1.82) is 0 Å². The number of carbonyl (C=O) groups excluding carboxylic acids is 1. The Balaban J connectivity index is 2.47. The third-order valence-electron chi connectivity index (χ3n) is 2.94. The van der Waals surface area contributed by atoms with E-state index in [1.165, 1.54) is 18.2 Å². The fourth-order valence-corrected chi connectivity index (χ4v) is 2.51. The van der Waals surface area contributed by atoms with Crippen molar-refractivity contribution in [3.63, 3.8) is 0 Å². The maximum absolute atomic E-state index is 12.5. The number of rotatable bonds is 3. The van der Waals surface area contributed by atoms with Gasteiger partial charge in [0.25, 0.3) is 0 Å². The molecule has 0 saturated carbocycles. The molecule has 0 spiro atoms. The van der Waals surface area contributed by atoms with Gasteiger partial charge in [-0.25, -0.2) is 0 Å². The van der Waals surface area contributed by atoms with Crippen LogP contribution in [0.15, 0.2) is 48.6 Å². The van der Waals surface area contributed by atoms with Crippen LogP contribution in [0.3, 0.4) is 0 Å². The average Bonchev–Trinajstić information content (AvgIpc) is 2.38. The van der Waals surface area contributed by atoms with Crippen molar-refractivity contribution in [1.82, 2.24) is 0 Å². The number of Topliss-reactive ketones (excluding diaryl/α,β-unsaturated/α-hetero) is 1. The molecule has 1 aromatic rings. The summed E-state index contributed by atoms with van der Waals surface area (Å²) in [5.41, 5.74) is 0.213. The quantitative estimate of drug-likeness (QED) is 0.687. The van der Waals surface area contributed by atoms with Crippen LogP contribution in [-0.4, -0.2) is 21.7 Å². The second kappa shape index (κ2) is 5.19. The smallest absolute Gasteiger partial charge is 0.312 e. The monoisotopic (exact) mass is 296 g/mol. The van der Waals surface area contributed by atoms with Gasteiger partial charge < -0.3 is 5.11 Å². The number of hydrogen-bond acceptors (Lipinski definition) is 2. The SMILES string of the molecule is O=C(O)C1C=CC=CC1(Cl)C(=O)c1ccccc1Cl. The highest BCUT2D eigenvalue weighted by molar-refractivity contribution is 6.43. The van der Waals surface area contributed by atoms with E-state index in [0.717, 1.165) is 0 Å². The maximum Gasteiger partial charge on any atom is 0.312 e. The molecular weight excluding hydrogens is 287 g/mol. The number of benzene rings is 1. The van der Waals surface area contributed by atoms with Crippen LogP contribution in [-0.2, 0) is 4.79 Å². The molecule has 1 aliphatic carbocycles. The summed E-state index contributed by atoms with van der Waals surface area (Å²) in [6.07, 6.45) is 5.89. The first-order valence-corrected chi connectivity index (χ1v) is 6.29. The predicted molar refractivity (Wildman–Crippen MR) is 73.8 cm³/mol. The lowest BCUT2D eigenvalue weighted by molar-refractivity contribution is -0.140. The summed E-state index contributed by atoms with van der Waals surface area (Å²) in [7, 11) is 0. The molecule has 0 fully saturated rings. The van der Waals surface area contributed by atoms with Crippen LogP contribution in [0.25, 0.3) is 0 Å². The minimum atomic E-state index is -1.65. The van der Waals surface area contributed by atoms with Gasteiger partial charge in [0.1, 0.15) is 10.8 Å². The lowest BCUT2D eigenvalue weighted by atomic mass is 9.82. The molecule has 19 heavy (non-hydrogen) atoms. The molecule has 1 aromatic carbocycles. The van der Waals surface area contributed by atoms with Gasteiger partial charge in [-0.05, 0) is 12.1 Å². The molecule has 0 saturated heterocycles. The topological polar surface area (TPSA) is 54.4 Å². The van der Waals surface area contributed by atoms with Crippen LogP contribution >= 0.6 is 23.2 Å². The molecular formula is C14H10Cl2O3. The Bertz CT molecular complexity index is 592. The van der Waals surface area contributed by atoms with Gasteiger partial charge in [-0.15, -0.1) is 11.6 Å².